The summed E-state index contributed by atoms with van der Waals surface area (Å²) in [5.41, 5.74) is 4.15. The maximum atomic E-state index is 12.8. The lowest BCUT2D eigenvalue weighted by Gasteiger charge is -2.33. The molecule has 0 atom stereocenters. The number of benzene rings is 1. The first-order chi connectivity index (χ1) is 16.0. The molecule has 1 saturated carbocycles. The first-order valence-corrected chi connectivity index (χ1v) is 11.6. The van der Waals surface area contributed by atoms with Gasteiger partial charge in [0.2, 0.25) is 18.6 Å². The highest BCUT2D eigenvalue weighted by molar-refractivity contribution is 5.92. The second-order valence-corrected chi connectivity index (χ2v) is 8.98. The van der Waals surface area contributed by atoms with Crippen LogP contribution in [0, 0.1) is 13.8 Å². The molecule has 8 nitrogen and oxygen atoms in total. The third-order valence-electron chi connectivity index (χ3n) is 6.48. The second kappa shape index (κ2) is 8.94. The molecule has 3 aliphatic rings. The van der Waals surface area contributed by atoms with Crippen LogP contribution >= 0.6 is 0 Å². The minimum atomic E-state index is 0.00460. The molecule has 2 aliphatic heterocycles. The maximum Gasteiger partial charge on any atom is 0.246 e. The average Bonchev–Trinajstić information content (AvgIpc) is 3.40. The number of nitrogens with zero attached hydrogens (tertiary/aromatic N) is 3. The molecule has 5 rings (SSSR count). The van der Waals surface area contributed by atoms with Gasteiger partial charge >= 0.3 is 0 Å². The van der Waals surface area contributed by atoms with Crippen LogP contribution < -0.4 is 14.8 Å². The second-order valence-electron chi connectivity index (χ2n) is 8.98. The van der Waals surface area contributed by atoms with Gasteiger partial charge < -0.3 is 24.3 Å². The van der Waals surface area contributed by atoms with Crippen molar-refractivity contribution in [3.8, 4) is 17.2 Å². The Balaban J connectivity index is 1.19. The van der Waals surface area contributed by atoms with Crippen LogP contribution in [0.4, 0.5) is 0 Å². The minimum Gasteiger partial charge on any atom is -0.454 e. The van der Waals surface area contributed by atoms with Crippen molar-refractivity contribution in [2.24, 2.45) is 0 Å². The summed E-state index contributed by atoms with van der Waals surface area (Å²) in [5.74, 6) is 1.60. The fraction of sp³-hybridized carbons (Fsp3) is 0.440. The third kappa shape index (κ3) is 4.75. The quantitative estimate of drug-likeness (QED) is 0.684. The number of hydrogen-bond donors (Lipinski definition) is 1. The Hall–Kier alpha value is -3.26. The monoisotopic (exact) mass is 450 g/mol. The van der Waals surface area contributed by atoms with Crippen LogP contribution in [0.3, 0.4) is 0 Å². The summed E-state index contributed by atoms with van der Waals surface area (Å²) in [6.07, 6.45) is 5.74. The number of ether oxygens (including phenoxy) is 2. The van der Waals surface area contributed by atoms with E-state index in [1.807, 2.05) is 36.1 Å². The van der Waals surface area contributed by atoms with E-state index in [9.17, 15) is 9.59 Å². The van der Waals surface area contributed by atoms with Gasteiger partial charge in [-0.3, -0.25) is 14.5 Å². The topological polar surface area (TPSA) is 76.0 Å². The van der Waals surface area contributed by atoms with Crippen LogP contribution in [-0.4, -0.2) is 71.7 Å². The van der Waals surface area contributed by atoms with E-state index >= 15 is 0 Å². The Kier molecular flexibility index (Phi) is 5.85. The molecule has 2 amide bonds. The van der Waals surface area contributed by atoms with Crippen molar-refractivity contribution in [2.45, 2.75) is 32.7 Å². The van der Waals surface area contributed by atoms with Crippen LogP contribution in [0.25, 0.3) is 11.8 Å². The first-order valence-electron chi connectivity index (χ1n) is 11.6. The predicted molar refractivity (Wildman–Crippen MR) is 125 cm³/mol. The molecule has 0 spiro atoms. The fourth-order valence-electron chi connectivity index (χ4n) is 4.47. The highest BCUT2D eigenvalue weighted by Gasteiger charge is 2.26. The molecule has 1 N–H and O–H groups in total. The summed E-state index contributed by atoms with van der Waals surface area (Å²) >= 11 is 0. The van der Waals surface area contributed by atoms with E-state index in [0.717, 1.165) is 60.1 Å². The maximum absolute atomic E-state index is 12.8. The highest BCUT2D eigenvalue weighted by Crippen LogP contribution is 2.35. The summed E-state index contributed by atoms with van der Waals surface area (Å²) in [5, 5.41) is 3.02. The van der Waals surface area contributed by atoms with E-state index < -0.39 is 0 Å². The van der Waals surface area contributed by atoms with Gasteiger partial charge in [0, 0.05) is 61.4 Å². The zero-order valence-corrected chi connectivity index (χ0v) is 19.2. The number of carbonyl (C=O) groups is 2. The molecule has 3 heterocycles. The molecule has 2 aromatic rings. The lowest BCUT2D eigenvalue weighted by Crippen LogP contribution is -2.51. The zero-order chi connectivity index (χ0) is 22.9. The van der Waals surface area contributed by atoms with Gasteiger partial charge in [0.25, 0.3) is 0 Å². The van der Waals surface area contributed by atoms with E-state index in [1.54, 1.807) is 6.08 Å². The molecule has 0 bridgehead atoms. The van der Waals surface area contributed by atoms with Gasteiger partial charge in [-0.1, -0.05) is 0 Å². The summed E-state index contributed by atoms with van der Waals surface area (Å²) < 4.78 is 13.1. The molecule has 2 fully saturated rings. The molecular weight excluding hydrogens is 420 g/mol. The zero-order valence-electron chi connectivity index (χ0n) is 19.2. The molecule has 8 heteroatoms. The van der Waals surface area contributed by atoms with Crippen LogP contribution in [0.5, 0.6) is 11.5 Å². The van der Waals surface area contributed by atoms with E-state index in [0.29, 0.717) is 25.7 Å². The van der Waals surface area contributed by atoms with E-state index in [1.165, 1.54) is 0 Å². The molecule has 1 aromatic heterocycles. The largest absolute Gasteiger partial charge is 0.454 e. The Morgan fingerprint density at radius 1 is 1.06 bits per heavy atom. The molecule has 0 radical (unpaired) electrons. The summed E-state index contributed by atoms with van der Waals surface area (Å²) in [4.78, 5) is 28.7. The van der Waals surface area contributed by atoms with Gasteiger partial charge in [-0.05, 0) is 56.5 Å². The molecule has 1 aliphatic carbocycles. The number of amides is 2. The number of carbonyl (C=O) groups excluding carboxylic acids is 2. The molecule has 0 unspecified atom stereocenters. The summed E-state index contributed by atoms with van der Waals surface area (Å²) in [6, 6.07) is 8.38. The normalized spacial score (nSPS) is 18.2. The van der Waals surface area contributed by atoms with Crippen molar-refractivity contribution in [3.63, 3.8) is 0 Å². The lowest BCUT2D eigenvalue weighted by atomic mass is 10.2. The number of aromatic nitrogens is 1. The number of nitrogens with one attached hydrogen (secondary N) is 1. The van der Waals surface area contributed by atoms with Crippen molar-refractivity contribution < 1.29 is 19.1 Å². The Bertz CT molecular complexity index is 1090. The van der Waals surface area contributed by atoms with Crippen LogP contribution in [-0.2, 0) is 9.59 Å². The Morgan fingerprint density at radius 2 is 1.82 bits per heavy atom. The van der Waals surface area contributed by atoms with Crippen LogP contribution in [0.1, 0.15) is 29.8 Å². The van der Waals surface area contributed by atoms with Gasteiger partial charge in [-0.2, -0.15) is 0 Å². The minimum absolute atomic E-state index is 0.00460. The number of piperazine rings is 1. The number of fused-ring (bicyclic) bond motifs is 1. The van der Waals surface area contributed by atoms with E-state index in [4.69, 9.17) is 9.47 Å². The third-order valence-corrected chi connectivity index (χ3v) is 6.48. The van der Waals surface area contributed by atoms with Crippen molar-refractivity contribution in [1.82, 2.24) is 19.7 Å². The Morgan fingerprint density at radius 3 is 2.58 bits per heavy atom. The van der Waals surface area contributed by atoms with E-state index in [-0.39, 0.29) is 18.6 Å². The Labute approximate surface area is 193 Å². The SMILES string of the molecule is Cc1cc(/C=C/C(=O)N2CCN(CC(=O)NC3CC3)CC2)c(C)n1-c1ccc2c(c1)OCO2. The van der Waals surface area contributed by atoms with Crippen LogP contribution in [0.2, 0.25) is 0 Å². The number of rotatable bonds is 6. The average molecular weight is 451 g/mol. The molecule has 1 aromatic carbocycles. The standard InChI is InChI=1S/C25H30N4O4/c1-17-13-19(18(2)29(17)21-6-7-22-23(14-21)33-16-32-22)3-8-25(31)28-11-9-27(10-12-28)15-24(30)26-20-4-5-20/h3,6-8,13-14,20H,4-5,9-12,15-16H2,1-2H3,(H,26,30)/b8-3+. The van der Waals surface area contributed by atoms with Crippen molar-refractivity contribution in [1.29, 1.82) is 0 Å². The fourth-order valence-corrected chi connectivity index (χ4v) is 4.47. The van der Waals surface area contributed by atoms with Crippen LogP contribution in [0.15, 0.2) is 30.3 Å². The smallest absolute Gasteiger partial charge is 0.246 e. The highest BCUT2D eigenvalue weighted by atomic mass is 16.7. The molecular formula is C25H30N4O4. The molecule has 1 saturated heterocycles. The number of aryl methyl sites for hydroxylation is 1. The first kappa shape index (κ1) is 21.6. The van der Waals surface area contributed by atoms with Gasteiger partial charge in [-0.25, -0.2) is 0 Å². The number of hydrogen-bond acceptors (Lipinski definition) is 5. The molecule has 33 heavy (non-hydrogen) atoms. The van der Waals surface area contributed by atoms with Gasteiger partial charge in [0.1, 0.15) is 0 Å². The van der Waals surface area contributed by atoms with E-state index in [2.05, 4.69) is 27.8 Å². The lowest BCUT2D eigenvalue weighted by molar-refractivity contribution is -0.128. The molecule has 174 valence electrons. The summed E-state index contributed by atoms with van der Waals surface area (Å²) in [7, 11) is 0. The van der Waals surface area contributed by atoms with Crippen molar-refractivity contribution in [2.75, 3.05) is 39.5 Å². The van der Waals surface area contributed by atoms with Crippen molar-refractivity contribution >= 4 is 17.9 Å². The van der Waals surface area contributed by atoms with Gasteiger partial charge in [0.15, 0.2) is 11.5 Å². The summed E-state index contributed by atoms with van der Waals surface area (Å²) in [6.45, 7) is 7.47. The van der Waals surface area contributed by atoms with Gasteiger partial charge in [-0.15, -0.1) is 0 Å². The predicted octanol–water partition coefficient (Wildman–Crippen LogP) is 2.26. The van der Waals surface area contributed by atoms with Gasteiger partial charge in [0.05, 0.1) is 6.54 Å². The van der Waals surface area contributed by atoms with Crippen molar-refractivity contribution in [3.05, 3.63) is 47.3 Å².